The van der Waals surface area contributed by atoms with E-state index in [1.54, 1.807) is 12.3 Å². The number of H-pyrrole nitrogens is 1. The number of aliphatic hydroxyl groups excluding tert-OH is 1. The highest BCUT2D eigenvalue weighted by Crippen LogP contribution is 2.32. The molecule has 7 nitrogen and oxygen atoms in total. The van der Waals surface area contributed by atoms with Crippen molar-refractivity contribution in [3.8, 4) is 11.5 Å². The lowest BCUT2D eigenvalue weighted by atomic mass is 10.1. The molecule has 1 aromatic heterocycles. The molecule has 0 amide bonds. The van der Waals surface area contributed by atoms with E-state index >= 15 is 0 Å². The normalized spacial score (nSPS) is 11.3. The van der Waals surface area contributed by atoms with E-state index in [9.17, 15) is 5.11 Å². The third-order valence-corrected chi connectivity index (χ3v) is 5.52. The van der Waals surface area contributed by atoms with Gasteiger partial charge in [0.25, 0.3) is 6.47 Å². The first-order valence-corrected chi connectivity index (χ1v) is 11.7. The number of aromatic nitrogens is 1. The van der Waals surface area contributed by atoms with Gasteiger partial charge in [-0.1, -0.05) is 49.7 Å². The van der Waals surface area contributed by atoms with Gasteiger partial charge < -0.3 is 25.7 Å². The zero-order valence-electron chi connectivity index (χ0n) is 20.2. The number of fused-ring (bicyclic) bond motifs is 1. The molecule has 186 valence electrons. The molecule has 5 N–H and O–H groups in total. The monoisotopic (exact) mass is 485 g/mol. The summed E-state index contributed by atoms with van der Waals surface area (Å²) in [5.41, 5.74) is 12.0. The van der Waals surface area contributed by atoms with Gasteiger partial charge in [-0.2, -0.15) is 0 Å². The summed E-state index contributed by atoms with van der Waals surface area (Å²) in [6.07, 6.45) is 7.63. The Labute approximate surface area is 210 Å². The van der Waals surface area contributed by atoms with Gasteiger partial charge in [-0.05, 0) is 54.0 Å². The Morgan fingerprint density at radius 3 is 2.64 bits per heavy atom. The number of nitrogens with one attached hydrogen (secondary N) is 1. The van der Waals surface area contributed by atoms with Crippen LogP contribution in [0.25, 0.3) is 16.6 Å². The average Bonchev–Trinajstić information content (AvgIpc) is 3.37. The molecule has 0 atom stereocenters. The van der Waals surface area contributed by atoms with Crippen LogP contribution in [0.4, 0.5) is 0 Å². The first kappa shape index (κ1) is 26.2. The van der Waals surface area contributed by atoms with E-state index in [0.717, 1.165) is 34.9 Å². The van der Waals surface area contributed by atoms with Gasteiger partial charge >= 0.3 is 0 Å². The lowest BCUT2D eigenvalue weighted by Gasteiger charge is -2.12. The molecule has 0 spiro atoms. The third kappa shape index (κ3) is 7.07. The number of benzene rings is 3. The Hall–Kier alpha value is -4.36. The van der Waals surface area contributed by atoms with Crippen LogP contribution < -0.4 is 10.5 Å². The predicted molar refractivity (Wildman–Crippen MR) is 144 cm³/mol. The van der Waals surface area contributed by atoms with Gasteiger partial charge in [-0.25, -0.2) is 0 Å². The highest BCUT2D eigenvalue weighted by molar-refractivity contribution is 5.85. The Kier molecular flexibility index (Phi) is 9.85. The number of carbonyl (C=O) groups is 1. The van der Waals surface area contributed by atoms with Crippen LogP contribution in [0.2, 0.25) is 0 Å². The molecule has 0 aliphatic carbocycles. The number of hydrogen-bond donors (Lipinski definition) is 4. The number of allylic oxidation sites excluding steroid dienone is 1. The fourth-order valence-corrected chi connectivity index (χ4v) is 3.86. The van der Waals surface area contributed by atoms with E-state index in [2.05, 4.69) is 41.2 Å². The fraction of sp³-hybridized carbons (Fsp3) is 0.172. The maximum absolute atomic E-state index is 9.86. The Bertz CT molecular complexity index is 1340. The minimum atomic E-state index is -0.250. The smallest absolute Gasteiger partial charge is 0.290 e. The number of aliphatic imine (C=N–C) groups is 1. The molecule has 36 heavy (non-hydrogen) atoms. The van der Waals surface area contributed by atoms with Crippen LogP contribution in [-0.2, 0) is 24.4 Å². The number of hydrogen-bond acceptors (Lipinski definition) is 5. The molecule has 0 aliphatic heterocycles. The number of nitrogens with zero attached hydrogens (tertiary/aromatic N) is 1. The second kappa shape index (κ2) is 13.5. The second-order valence-electron chi connectivity index (χ2n) is 8.06. The molecule has 1 heterocycles. The average molecular weight is 486 g/mol. The van der Waals surface area contributed by atoms with E-state index in [1.807, 2.05) is 48.7 Å². The van der Waals surface area contributed by atoms with Crippen LogP contribution in [0.3, 0.4) is 0 Å². The largest absolute Gasteiger partial charge is 0.483 e. The SMILES string of the molecule is CCCc1cccc(CN=C/C=C(\N)c2cccc(Oc3ccc4[nH]ccc4c3CO)c2)c1.O=CO. The lowest BCUT2D eigenvalue weighted by molar-refractivity contribution is -0.122. The van der Waals surface area contributed by atoms with E-state index in [1.165, 1.54) is 11.1 Å². The zero-order chi connectivity index (χ0) is 25.8. The number of rotatable bonds is 9. The standard InChI is InChI=1S/C28H29N3O2.CH2O2/c1-2-5-20-6-3-7-21(16-20)18-30-14-13-26(29)22-8-4-9-23(17-22)33-28-11-10-27-24(12-15-31-27)25(28)19-32;2-1-3/h3-4,6-17,31-32H,2,5,18-19,29H2,1H3;1H,(H,2,3)/b26-13-,30-14?;. The number of carboxylic acid groups (broad SMARTS) is 1. The van der Waals surface area contributed by atoms with Crippen molar-refractivity contribution in [3.05, 3.63) is 101 Å². The predicted octanol–water partition coefficient (Wildman–Crippen LogP) is 5.68. The van der Waals surface area contributed by atoms with Crippen LogP contribution in [0, 0.1) is 0 Å². The number of aliphatic hydroxyl groups is 1. The van der Waals surface area contributed by atoms with Crippen molar-refractivity contribution in [1.82, 2.24) is 4.98 Å². The van der Waals surface area contributed by atoms with Crippen LogP contribution in [-0.4, -0.2) is 27.9 Å². The third-order valence-electron chi connectivity index (χ3n) is 5.52. The van der Waals surface area contributed by atoms with Crippen LogP contribution >= 0.6 is 0 Å². The minimum Gasteiger partial charge on any atom is -0.483 e. The molecule has 0 aliphatic rings. The molecule has 4 aromatic rings. The Morgan fingerprint density at radius 2 is 1.86 bits per heavy atom. The summed E-state index contributed by atoms with van der Waals surface area (Å²) in [7, 11) is 0. The maximum atomic E-state index is 9.86. The van der Waals surface area contributed by atoms with E-state index in [-0.39, 0.29) is 13.1 Å². The summed E-state index contributed by atoms with van der Waals surface area (Å²) < 4.78 is 6.09. The van der Waals surface area contributed by atoms with Gasteiger partial charge in [-0.3, -0.25) is 9.79 Å². The summed E-state index contributed by atoms with van der Waals surface area (Å²) in [6, 6.07) is 21.9. The molecule has 3 aromatic carbocycles. The molecule has 0 unspecified atom stereocenters. The first-order chi connectivity index (χ1) is 17.6. The Balaban J connectivity index is 0.00000115. The summed E-state index contributed by atoms with van der Waals surface area (Å²) in [4.78, 5) is 16.0. The Morgan fingerprint density at radius 1 is 1.08 bits per heavy atom. The second-order valence-corrected chi connectivity index (χ2v) is 8.06. The maximum Gasteiger partial charge on any atom is 0.290 e. The molecule has 0 radical (unpaired) electrons. The molecule has 0 saturated heterocycles. The molecule has 0 saturated carbocycles. The van der Waals surface area contributed by atoms with Crippen molar-refractivity contribution in [2.75, 3.05) is 0 Å². The molecule has 0 bridgehead atoms. The highest BCUT2D eigenvalue weighted by atomic mass is 16.5. The van der Waals surface area contributed by atoms with Gasteiger partial charge in [0.05, 0.1) is 13.2 Å². The van der Waals surface area contributed by atoms with Crippen molar-refractivity contribution >= 4 is 29.3 Å². The molecule has 0 fully saturated rings. The van der Waals surface area contributed by atoms with Crippen molar-refractivity contribution in [2.24, 2.45) is 10.7 Å². The zero-order valence-corrected chi connectivity index (χ0v) is 20.2. The van der Waals surface area contributed by atoms with Crippen LogP contribution in [0.15, 0.2) is 84.0 Å². The number of ether oxygens (including phenoxy) is 1. The molecular formula is C29H31N3O4. The summed E-state index contributed by atoms with van der Waals surface area (Å²) in [5, 5.41) is 17.7. The topological polar surface area (TPSA) is 121 Å². The van der Waals surface area contributed by atoms with Crippen molar-refractivity contribution in [1.29, 1.82) is 0 Å². The molecular weight excluding hydrogens is 454 g/mol. The van der Waals surface area contributed by atoms with E-state index < -0.39 is 0 Å². The van der Waals surface area contributed by atoms with E-state index in [0.29, 0.717) is 23.7 Å². The van der Waals surface area contributed by atoms with Crippen LogP contribution in [0.5, 0.6) is 11.5 Å². The van der Waals surface area contributed by atoms with Crippen molar-refractivity contribution in [3.63, 3.8) is 0 Å². The summed E-state index contributed by atoms with van der Waals surface area (Å²) in [6.45, 7) is 2.45. The fourth-order valence-electron chi connectivity index (χ4n) is 3.86. The summed E-state index contributed by atoms with van der Waals surface area (Å²) in [5.74, 6) is 1.27. The summed E-state index contributed by atoms with van der Waals surface area (Å²) >= 11 is 0. The molecule has 7 heteroatoms. The number of aryl methyl sites for hydroxylation is 1. The minimum absolute atomic E-state index is 0.107. The van der Waals surface area contributed by atoms with Gasteiger partial charge in [0.15, 0.2) is 0 Å². The van der Waals surface area contributed by atoms with Gasteiger partial charge in [0.2, 0.25) is 0 Å². The lowest BCUT2D eigenvalue weighted by Crippen LogP contribution is -1.98. The first-order valence-electron chi connectivity index (χ1n) is 11.7. The van der Waals surface area contributed by atoms with Gasteiger partial charge in [0.1, 0.15) is 11.5 Å². The van der Waals surface area contributed by atoms with Crippen molar-refractivity contribution < 1.29 is 19.7 Å². The number of nitrogens with two attached hydrogens (primary N) is 1. The van der Waals surface area contributed by atoms with Crippen molar-refractivity contribution in [2.45, 2.75) is 32.9 Å². The molecule has 4 rings (SSSR count). The van der Waals surface area contributed by atoms with Gasteiger partial charge in [-0.15, -0.1) is 0 Å². The highest BCUT2D eigenvalue weighted by Gasteiger charge is 2.10. The number of aromatic amines is 1. The van der Waals surface area contributed by atoms with Gasteiger partial charge in [0, 0.05) is 40.1 Å². The van der Waals surface area contributed by atoms with E-state index in [4.69, 9.17) is 20.4 Å². The quantitative estimate of drug-likeness (QED) is 0.180. The van der Waals surface area contributed by atoms with Crippen LogP contribution in [0.1, 0.15) is 35.6 Å².